The molecule has 2 unspecified atom stereocenters. The molecule has 0 saturated carbocycles. The van der Waals surface area contributed by atoms with E-state index >= 15 is 0 Å². The molecule has 16 heavy (non-hydrogen) atoms. The average Bonchev–Trinajstić information content (AvgIpc) is 2.26. The van der Waals surface area contributed by atoms with Crippen LogP contribution in [0.15, 0.2) is 4.99 Å². The highest BCUT2D eigenvalue weighted by molar-refractivity contribution is 8.13. The Kier molecular flexibility index (Phi) is 5.62. The Balaban J connectivity index is 2.44. The summed E-state index contributed by atoms with van der Waals surface area (Å²) in [4.78, 5) is 6.87. The first-order valence-corrected chi connectivity index (χ1v) is 7.09. The van der Waals surface area contributed by atoms with E-state index < -0.39 is 0 Å². The van der Waals surface area contributed by atoms with Gasteiger partial charge < -0.3 is 10.2 Å². The van der Waals surface area contributed by atoms with Gasteiger partial charge in [-0.05, 0) is 33.4 Å². The molecule has 4 heteroatoms. The SMILES string of the molecule is CC(C)C1CCSC(=NCC(C)N(C)C)N1. The topological polar surface area (TPSA) is 27.6 Å². The third-order valence-electron chi connectivity index (χ3n) is 3.16. The van der Waals surface area contributed by atoms with E-state index in [-0.39, 0.29) is 0 Å². The molecule has 0 bridgehead atoms. The minimum atomic E-state index is 0.509. The van der Waals surface area contributed by atoms with Crippen molar-refractivity contribution >= 4 is 16.9 Å². The van der Waals surface area contributed by atoms with Crippen LogP contribution in [-0.4, -0.2) is 48.5 Å². The molecule has 1 rings (SSSR count). The molecular formula is C12H25N3S. The molecule has 94 valence electrons. The molecule has 1 heterocycles. The van der Waals surface area contributed by atoms with Crippen LogP contribution in [0.5, 0.6) is 0 Å². The fourth-order valence-corrected chi connectivity index (χ4v) is 2.49. The van der Waals surface area contributed by atoms with Gasteiger partial charge in [-0.25, -0.2) is 0 Å². The number of thioether (sulfide) groups is 1. The summed E-state index contributed by atoms with van der Waals surface area (Å²) < 4.78 is 0. The zero-order valence-corrected chi connectivity index (χ0v) is 12.0. The monoisotopic (exact) mass is 243 g/mol. The van der Waals surface area contributed by atoms with Gasteiger partial charge in [-0.1, -0.05) is 25.6 Å². The predicted molar refractivity (Wildman–Crippen MR) is 74.3 cm³/mol. The Bertz CT molecular complexity index is 238. The standard InChI is InChI=1S/C12H25N3S/c1-9(2)11-6-7-16-12(14-11)13-8-10(3)15(4)5/h9-11H,6-8H2,1-5H3,(H,13,14). The first-order chi connectivity index (χ1) is 7.50. The summed E-state index contributed by atoms with van der Waals surface area (Å²) in [7, 11) is 4.20. The summed E-state index contributed by atoms with van der Waals surface area (Å²) in [5.74, 6) is 1.89. The van der Waals surface area contributed by atoms with Crippen LogP contribution in [0.25, 0.3) is 0 Å². The first kappa shape index (κ1) is 13.8. The molecular weight excluding hydrogens is 218 g/mol. The number of amidine groups is 1. The zero-order chi connectivity index (χ0) is 12.1. The average molecular weight is 243 g/mol. The Morgan fingerprint density at radius 2 is 2.12 bits per heavy atom. The fraction of sp³-hybridized carbons (Fsp3) is 0.917. The van der Waals surface area contributed by atoms with E-state index in [0.717, 1.165) is 11.7 Å². The highest BCUT2D eigenvalue weighted by Crippen LogP contribution is 2.18. The summed E-state index contributed by atoms with van der Waals surface area (Å²) >= 11 is 1.86. The van der Waals surface area contributed by atoms with E-state index in [0.29, 0.717) is 18.0 Å². The maximum Gasteiger partial charge on any atom is 0.156 e. The van der Waals surface area contributed by atoms with Crippen LogP contribution in [0.2, 0.25) is 0 Å². The zero-order valence-electron chi connectivity index (χ0n) is 11.2. The fourth-order valence-electron chi connectivity index (χ4n) is 1.52. The molecule has 1 fully saturated rings. The highest BCUT2D eigenvalue weighted by Gasteiger charge is 2.20. The quantitative estimate of drug-likeness (QED) is 0.819. The Labute approximate surface area is 104 Å². The van der Waals surface area contributed by atoms with E-state index in [2.05, 4.69) is 50.1 Å². The maximum absolute atomic E-state index is 4.66. The number of nitrogens with one attached hydrogen (secondary N) is 1. The number of likely N-dealkylation sites (N-methyl/N-ethyl adjacent to an activating group) is 1. The minimum absolute atomic E-state index is 0.509. The van der Waals surface area contributed by atoms with Crippen LogP contribution in [0.3, 0.4) is 0 Å². The van der Waals surface area contributed by atoms with Crippen molar-refractivity contribution in [2.24, 2.45) is 10.9 Å². The van der Waals surface area contributed by atoms with E-state index in [1.807, 2.05) is 11.8 Å². The molecule has 1 aliphatic heterocycles. The van der Waals surface area contributed by atoms with Gasteiger partial charge in [0.1, 0.15) is 0 Å². The lowest BCUT2D eigenvalue weighted by atomic mass is 10.0. The summed E-state index contributed by atoms with van der Waals surface area (Å²) in [6, 6.07) is 1.11. The lowest BCUT2D eigenvalue weighted by Crippen LogP contribution is -2.41. The maximum atomic E-state index is 4.66. The molecule has 0 aliphatic carbocycles. The Morgan fingerprint density at radius 1 is 1.44 bits per heavy atom. The van der Waals surface area contributed by atoms with Crippen LogP contribution in [-0.2, 0) is 0 Å². The van der Waals surface area contributed by atoms with Crippen LogP contribution < -0.4 is 5.32 Å². The largest absolute Gasteiger partial charge is 0.362 e. The Morgan fingerprint density at radius 3 is 2.69 bits per heavy atom. The smallest absolute Gasteiger partial charge is 0.156 e. The van der Waals surface area contributed by atoms with Crippen molar-refractivity contribution in [1.82, 2.24) is 10.2 Å². The number of nitrogens with zero attached hydrogens (tertiary/aromatic N) is 2. The molecule has 1 aliphatic rings. The first-order valence-electron chi connectivity index (χ1n) is 6.11. The number of hydrogen-bond donors (Lipinski definition) is 1. The van der Waals surface area contributed by atoms with Gasteiger partial charge in [-0.3, -0.25) is 4.99 Å². The van der Waals surface area contributed by atoms with E-state index in [4.69, 9.17) is 0 Å². The van der Waals surface area contributed by atoms with E-state index in [9.17, 15) is 0 Å². The van der Waals surface area contributed by atoms with Crippen molar-refractivity contribution in [3.05, 3.63) is 0 Å². The normalized spacial score (nSPS) is 26.2. The van der Waals surface area contributed by atoms with Gasteiger partial charge in [0.15, 0.2) is 5.17 Å². The number of rotatable bonds is 4. The summed E-state index contributed by atoms with van der Waals surface area (Å²) in [6.07, 6.45) is 1.25. The summed E-state index contributed by atoms with van der Waals surface area (Å²) in [6.45, 7) is 7.63. The number of hydrogen-bond acceptors (Lipinski definition) is 3. The van der Waals surface area contributed by atoms with E-state index in [1.165, 1.54) is 12.2 Å². The molecule has 0 aromatic rings. The van der Waals surface area contributed by atoms with Gasteiger partial charge in [0.25, 0.3) is 0 Å². The molecule has 0 aromatic heterocycles. The van der Waals surface area contributed by atoms with Crippen LogP contribution in [0, 0.1) is 5.92 Å². The van der Waals surface area contributed by atoms with Gasteiger partial charge in [0.05, 0.1) is 6.54 Å². The lowest BCUT2D eigenvalue weighted by molar-refractivity contribution is 0.320. The third kappa shape index (κ3) is 4.34. The van der Waals surface area contributed by atoms with Crippen molar-refractivity contribution in [2.45, 2.75) is 39.3 Å². The van der Waals surface area contributed by atoms with Gasteiger partial charge >= 0.3 is 0 Å². The van der Waals surface area contributed by atoms with Gasteiger partial charge in [-0.15, -0.1) is 0 Å². The van der Waals surface area contributed by atoms with Crippen LogP contribution in [0.1, 0.15) is 27.2 Å². The molecule has 0 spiro atoms. The highest BCUT2D eigenvalue weighted by atomic mass is 32.2. The van der Waals surface area contributed by atoms with Crippen molar-refractivity contribution in [2.75, 3.05) is 26.4 Å². The van der Waals surface area contributed by atoms with Crippen molar-refractivity contribution < 1.29 is 0 Å². The van der Waals surface area contributed by atoms with Gasteiger partial charge in [0.2, 0.25) is 0 Å². The van der Waals surface area contributed by atoms with Crippen LogP contribution in [0.4, 0.5) is 0 Å². The van der Waals surface area contributed by atoms with Crippen molar-refractivity contribution in [3.63, 3.8) is 0 Å². The molecule has 2 atom stereocenters. The molecule has 1 N–H and O–H groups in total. The van der Waals surface area contributed by atoms with E-state index in [1.54, 1.807) is 0 Å². The number of aliphatic imine (C=N–C) groups is 1. The molecule has 3 nitrogen and oxygen atoms in total. The lowest BCUT2D eigenvalue weighted by Gasteiger charge is -2.28. The second-order valence-corrected chi connectivity index (χ2v) is 6.17. The van der Waals surface area contributed by atoms with Gasteiger partial charge in [-0.2, -0.15) is 0 Å². The minimum Gasteiger partial charge on any atom is -0.362 e. The molecule has 1 saturated heterocycles. The second kappa shape index (κ2) is 6.50. The second-order valence-electron chi connectivity index (χ2n) is 5.09. The third-order valence-corrected chi connectivity index (χ3v) is 4.12. The molecule has 0 aromatic carbocycles. The van der Waals surface area contributed by atoms with Gasteiger partial charge in [0, 0.05) is 17.8 Å². The van der Waals surface area contributed by atoms with Crippen molar-refractivity contribution in [1.29, 1.82) is 0 Å². The molecule has 0 radical (unpaired) electrons. The Hall–Kier alpha value is -0.220. The molecule has 0 amide bonds. The summed E-state index contributed by atoms with van der Waals surface area (Å²) in [5, 5.41) is 4.68. The predicted octanol–water partition coefficient (Wildman–Crippen LogP) is 2.04. The van der Waals surface area contributed by atoms with Crippen LogP contribution >= 0.6 is 11.8 Å². The van der Waals surface area contributed by atoms with Crippen molar-refractivity contribution in [3.8, 4) is 0 Å². The summed E-state index contributed by atoms with van der Waals surface area (Å²) in [5.41, 5.74) is 0.